The number of nitrogens with zero attached hydrogens (tertiary/aromatic N) is 2. The highest BCUT2D eigenvalue weighted by atomic mass is 79.9. The zero-order chi connectivity index (χ0) is 29.8. The number of aliphatic hydroxyl groups excluding tert-OH is 1. The number of carbonyl (C=O) groups excluding carboxylic acids is 1. The maximum absolute atomic E-state index is 14.1. The number of amides is 1. The number of benzene rings is 3. The van der Waals surface area contributed by atoms with Crippen LogP contribution in [0.2, 0.25) is 0 Å². The molecular formula is C33H39BrN4O4. The second kappa shape index (κ2) is 15.7. The standard InChI is InChI=1S/C33H39BrN4O4/c1-38(2)22-9-21-35-37-32(40)33(20-8-13-25-11-4-3-5-12-25)30(28-14-6-7-15-29(28)34)42-31(36-33)26-16-18-27(19-17-26)41-24-10-23-39/h3-8,11-19,30,35,39H,9-10,20-24H2,1-2H3,(H,37,40)/b13-8+/t30-,33-/m0/s1. The van der Waals surface area contributed by atoms with Crippen molar-refractivity contribution in [2.75, 3.05) is 40.4 Å². The summed E-state index contributed by atoms with van der Waals surface area (Å²) in [5.74, 6) is 0.795. The lowest BCUT2D eigenvalue weighted by Gasteiger charge is -2.30. The van der Waals surface area contributed by atoms with Crippen molar-refractivity contribution in [3.8, 4) is 5.75 Å². The van der Waals surface area contributed by atoms with E-state index in [0.717, 1.165) is 34.1 Å². The molecule has 3 aromatic rings. The number of hydrogen-bond acceptors (Lipinski definition) is 7. The Morgan fingerprint density at radius 3 is 2.52 bits per heavy atom. The quantitative estimate of drug-likeness (QED) is 0.158. The van der Waals surface area contributed by atoms with Crippen molar-refractivity contribution in [2.24, 2.45) is 4.99 Å². The third-order valence-electron chi connectivity index (χ3n) is 6.87. The maximum Gasteiger partial charge on any atom is 0.266 e. The lowest BCUT2D eigenvalue weighted by atomic mass is 9.84. The number of aliphatic imine (C=N–C) groups is 1. The summed E-state index contributed by atoms with van der Waals surface area (Å²) in [6.45, 7) is 2.02. The smallest absolute Gasteiger partial charge is 0.266 e. The third kappa shape index (κ3) is 8.29. The van der Waals surface area contributed by atoms with Crippen molar-refractivity contribution in [2.45, 2.75) is 30.9 Å². The van der Waals surface area contributed by atoms with Gasteiger partial charge in [-0.15, -0.1) is 0 Å². The van der Waals surface area contributed by atoms with Crippen LogP contribution in [-0.2, 0) is 9.53 Å². The van der Waals surface area contributed by atoms with Crippen molar-refractivity contribution in [3.05, 3.63) is 106 Å². The van der Waals surface area contributed by atoms with E-state index in [2.05, 4.69) is 31.7 Å². The van der Waals surface area contributed by atoms with Crippen LogP contribution < -0.4 is 15.6 Å². The Morgan fingerprint density at radius 1 is 1.07 bits per heavy atom. The molecule has 1 aliphatic rings. The van der Waals surface area contributed by atoms with E-state index >= 15 is 0 Å². The maximum atomic E-state index is 14.1. The lowest BCUT2D eigenvalue weighted by molar-refractivity contribution is -0.129. The summed E-state index contributed by atoms with van der Waals surface area (Å²) >= 11 is 3.68. The van der Waals surface area contributed by atoms with Gasteiger partial charge >= 0.3 is 0 Å². The molecule has 42 heavy (non-hydrogen) atoms. The molecule has 1 heterocycles. The van der Waals surface area contributed by atoms with Gasteiger partial charge in [0.15, 0.2) is 11.6 Å². The predicted molar refractivity (Wildman–Crippen MR) is 170 cm³/mol. The molecule has 8 nitrogen and oxygen atoms in total. The molecule has 0 bridgehead atoms. The van der Waals surface area contributed by atoms with Gasteiger partial charge in [0.2, 0.25) is 5.90 Å². The first-order chi connectivity index (χ1) is 20.4. The summed E-state index contributed by atoms with van der Waals surface area (Å²) in [6, 6.07) is 25.2. The average Bonchev–Trinajstić information content (AvgIpc) is 3.38. The summed E-state index contributed by atoms with van der Waals surface area (Å²) in [5.41, 5.74) is 7.35. The van der Waals surface area contributed by atoms with Crippen molar-refractivity contribution in [3.63, 3.8) is 0 Å². The molecule has 0 saturated heterocycles. The second-order valence-corrected chi connectivity index (χ2v) is 11.2. The van der Waals surface area contributed by atoms with E-state index in [9.17, 15) is 4.79 Å². The van der Waals surface area contributed by atoms with Gasteiger partial charge in [0, 0.05) is 41.6 Å². The molecule has 1 amide bonds. The fourth-order valence-corrected chi connectivity index (χ4v) is 5.15. The van der Waals surface area contributed by atoms with Crippen LogP contribution in [-0.4, -0.2) is 67.7 Å². The van der Waals surface area contributed by atoms with Crippen molar-refractivity contribution in [1.29, 1.82) is 0 Å². The van der Waals surface area contributed by atoms with Crippen LogP contribution >= 0.6 is 15.9 Å². The summed E-state index contributed by atoms with van der Waals surface area (Å²) < 4.78 is 13.1. The molecule has 9 heteroatoms. The Balaban J connectivity index is 1.68. The molecule has 0 saturated carbocycles. The molecule has 0 spiro atoms. The predicted octanol–water partition coefficient (Wildman–Crippen LogP) is 5.14. The molecule has 2 atom stereocenters. The Hall–Kier alpha value is -3.50. The minimum atomic E-state index is -1.28. The first-order valence-corrected chi connectivity index (χ1v) is 15.0. The number of carbonyl (C=O) groups is 1. The molecule has 3 aromatic carbocycles. The Labute approximate surface area is 256 Å². The average molecular weight is 636 g/mol. The van der Waals surface area contributed by atoms with Crippen LogP contribution in [0.3, 0.4) is 0 Å². The second-order valence-electron chi connectivity index (χ2n) is 10.4. The largest absolute Gasteiger partial charge is 0.494 e. The molecule has 0 radical (unpaired) electrons. The minimum absolute atomic E-state index is 0.0759. The molecule has 1 aliphatic heterocycles. The van der Waals surface area contributed by atoms with Gasteiger partial charge in [-0.3, -0.25) is 10.2 Å². The highest BCUT2D eigenvalue weighted by Crippen LogP contribution is 2.44. The van der Waals surface area contributed by atoms with Gasteiger partial charge < -0.3 is 19.5 Å². The van der Waals surface area contributed by atoms with Crippen LogP contribution in [0.5, 0.6) is 5.75 Å². The molecule has 0 aliphatic carbocycles. The molecule has 0 aromatic heterocycles. The van der Waals surface area contributed by atoms with Crippen molar-refractivity contribution < 1.29 is 19.4 Å². The zero-order valence-corrected chi connectivity index (χ0v) is 25.7. The van der Waals surface area contributed by atoms with Crippen molar-refractivity contribution in [1.82, 2.24) is 15.8 Å². The summed E-state index contributed by atoms with van der Waals surface area (Å²) in [4.78, 5) is 21.3. The molecule has 0 unspecified atom stereocenters. The van der Waals surface area contributed by atoms with Crippen LogP contribution in [0.4, 0.5) is 0 Å². The van der Waals surface area contributed by atoms with Crippen LogP contribution in [0, 0.1) is 0 Å². The van der Waals surface area contributed by atoms with Gasteiger partial charge in [-0.25, -0.2) is 10.4 Å². The minimum Gasteiger partial charge on any atom is -0.494 e. The fourth-order valence-electron chi connectivity index (χ4n) is 4.65. The van der Waals surface area contributed by atoms with E-state index in [0.29, 0.717) is 37.6 Å². The molecule has 222 valence electrons. The van der Waals surface area contributed by atoms with Crippen LogP contribution in [0.25, 0.3) is 6.08 Å². The van der Waals surface area contributed by atoms with Crippen LogP contribution in [0.15, 0.2) is 94.4 Å². The first-order valence-electron chi connectivity index (χ1n) is 14.2. The molecule has 3 N–H and O–H groups in total. The number of halogens is 1. The van der Waals surface area contributed by atoms with Gasteiger partial charge in [0.25, 0.3) is 5.91 Å². The molecular weight excluding hydrogens is 596 g/mol. The first kappa shape index (κ1) is 31.4. The topological polar surface area (TPSA) is 95.4 Å². The van der Waals surface area contributed by atoms with Crippen molar-refractivity contribution >= 4 is 33.8 Å². The SMILES string of the molecule is CN(C)CCCNNC(=O)[C@@]1(C/C=C/c2ccccc2)N=C(c2ccc(OCCCO)cc2)O[C@H]1c1ccccc1Br. The van der Waals surface area contributed by atoms with Gasteiger partial charge in [0.1, 0.15) is 5.75 Å². The monoisotopic (exact) mass is 634 g/mol. The normalized spacial score (nSPS) is 18.2. The summed E-state index contributed by atoms with van der Waals surface area (Å²) in [6.07, 6.45) is 5.04. The Bertz CT molecular complexity index is 1350. The van der Waals surface area contributed by atoms with Crippen LogP contribution in [0.1, 0.15) is 42.1 Å². The third-order valence-corrected chi connectivity index (χ3v) is 7.59. The number of ether oxygens (including phenoxy) is 2. The van der Waals surface area contributed by atoms with E-state index < -0.39 is 11.6 Å². The van der Waals surface area contributed by atoms with E-state index in [4.69, 9.17) is 19.6 Å². The van der Waals surface area contributed by atoms with Gasteiger partial charge in [0.05, 0.1) is 6.61 Å². The van der Waals surface area contributed by atoms with Gasteiger partial charge in [-0.1, -0.05) is 76.6 Å². The van der Waals surface area contributed by atoms with E-state index in [1.807, 2.05) is 105 Å². The number of nitrogens with one attached hydrogen (secondary N) is 2. The lowest BCUT2D eigenvalue weighted by Crippen LogP contribution is -2.52. The highest BCUT2D eigenvalue weighted by Gasteiger charge is 2.53. The number of hydrogen-bond donors (Lipinski definition) is 3. The summed E-state index contributed by atoms with van der Waals surface area (Å²) in [7, 11) is 4.05. The Kier molecular flexibility index (Phi) is 11.7. The van der Waals surface area contributed by atoms with E-state index in [-0.39, 0.29) is 12.5 Å². The fraction of sp³-hybridized carbons (Fsp3) is 0.333. The summed E-state index contributed by atoms with van der Waals surface area (Å²) in [5, 5.41) is 9.03. The van der Waals surface area contributed by atoms with Gasteiger partial charge in [-0.05, 0) is 63.0 Å². The number of hydrazine groups is 1. The molecule has 0 fully saturated rings. The molecule has 4 rings (SSSR count). The highest BCUT2D eigenvalue weighted by molar-refractivity contribution is 9.10. The van der Waals surface area contributed by atoms with E-state index in [1.165, 1.54) is 0 Å². The Morgan fingerprint density at radius 2 is 1.81 bits per heavy atom. The van der Waals surface area contributed by atoms with E-state index in [1.54, 1.807) is 0 Å². The number of aliphatic hydroxyl groups is 1. The van der Waals surface area contributed by atoms with Gasteiger partial charge in [-0.2, -0.15) is 0 Å². The zero-order valence-electron chi connectivity index (χ0n) is 24.1. The number of rotatable bonds is 15.